The van der Waals surface area contributed by atoms with Crippen LogP contribution in [-0.2, 0) is 13.0 Å². The van der Waals surface area contributed by atoms with Gasteiger partial charge in [0.25, 0.3) is 0 Å². The first-order chi connectivity index (χ1) is 6.29. The van der Waals surface area contributed by atoms with Crippen molar-refractivity contribution in [2.24, 2.45) is 0 Å². The van der Waals surface area contributed by atoms with E-state index in [2.05, 4.69) is 24.4 Å². The molecule has 1 aliphatic rings. The molecule has 0 aromatic heterocycles. The predicted molar refractivity (Wildman–Crippen MR) is 56.1 cm³/mol. The van der Waals surface area contributed by atoms with Crippen molar-refractivity contribution in [1.82, 2.24) is 5.32 Å². The van der Waals surface area contributed by atoms with Gasteiger partial charge in [0, 0.05) is 17.6 Å². The molecule has 1 nitrogen and oxygen atoms in total. The molecule has 1 heterocycles. The summed E-state index contributed by atoms with van der Waals surface area (Å²) in [7, 11) is 0. The van der Waals surface area contributed by atoms with Crippen LogP contribution in [0, 0.1) is 0 Å². The Morgan fingerprint density at radius 3 is 3.08 bits per heavy atom. The lowest BCUT2D eigenvalue weighted by atomic mass is 9.95. The molecule has 2 rings (SSSR count). The maximum Gasteiger partial charge on any atom is 0.0409 e. The fourth-order valence-electron chi connectivity index (χ4n) is 1.84. The largest absolute Gasteiger partial charge is 0.310 e. The minimum atomic E-state index is 0.647. The summed E-state index contributed by atoms with van der Waals surface area (Å²) in [4.78, 5) is 0. The number of halogens is 1. The molecular weight excluding hydrogens is 182 g/mol. The van der Waals surface area contributed by atoms with E-state index in [0.29, 0.717) is 6.04 Å². The minimum absolute atomic E-state index is 0.647. The lowest BCUT2D eigenvalue weighted by molar-refractivity contribution is 0.468. The number of benzene rings is 1. The van der Waals surface area contributed by atoms with Crippen LogP contribution >= 0.6 is 11.6 Å². The van der Waals surface area contributed by atoms with Crippen LogP contribution < -0.4 is 5.32 Å². The summed E-state index contributed by atoms with van der Waals surface area (Å²) in [5, 5.41) is 4.34. The smallest absolute Gasteiger partial charge is 0.0409 e. The summed E-state index contributed by atoms with van der Waals surface area (Å²) in [6, 6.07) is 6.85. The minimum Gasteiger partial charge on any atom is -0.310 e. The van der Waals surface area contributed by atoms with Crippen LogP contribution in [0.25, 0.3) is 0 Å². The SMILES string of the molecule is CCC1Cc2ccc(Cl)cc2CN1. The first-order valence-corrected chi connectivity index (χ1v) is 5.18. The molecule has 0 amide bonds. The molecule has 0 saturated carbocycles. The van der Waals surface area contributed by atoms with Crippen molar-refractivity contribution in [2.45, 2.75) is 32.4 Å². The van der Waals surface area contributed by atoms with Crippen LogP contribution in [-0.4, -0.2) is 6.04 Å². The molecule has 1 unspecified atom stereocenters. The number of hydrogen-bond acceptors (Lipinski definition) is 1. The quantitative estimate of drug-likeness (QED) is 0.727. The maximum atomic E-state index is 5.92. The number of rotatable bonds is 1. The highest BCUT2D eigenvalue weighted by Crippen LogP contribution is 2.21. The third-order valence-corrected chi connectivity index (χ3v) is 2.94. The van der Waals surface area contributed by atoms with Gasteiger partial charge < -0.3 is 5.32 Å². The van der Waals surface area contributed by atoms with Crippen LogP contribution in [0.15, 0.2) is 18.2 Å². The van der Waals surface area contributed by atoms with E-state index in [1.807, 2.05) is 6.07 Å². The summed E-state index contributed by atoms with van der Waals surface area (Å²) >= 11 is 5.92. The highest BCUT2D eigenvalue weighted by Gasteiger charge is 2.15. The van der Waals surface area contributed by atoms with E-state index in [4.69, 9.17) is 11.6 Å². The van der Waals surface area contributed by atoms with Crippen molar-refractivity contribution >= 4 is 11.6 Å². The number of hydrogen-bond donors (Lipinski definition) is 1. The second kappa shape index (κ2) is 3.69. The van der Waals surface area contributed by atoms with Crippen molar-refractivity contribution < 1.29 is 0 Å². The van der Waals surface area contributed by atoms with Gasteiger partial charge in [0.05, 0.1) is 0 Å². The van der Waals surface area contributed by atoms with E-state index >= 15 is 0 Å². The summed E-state index contributed by atoms with van der Waals surface area (Å²) in [5.74, 6) is 0. The molecule has 1 atom stereocenters. The van der Waals surface area contributed by atoms with Crippen molar-refractivity contribution in [3.05, 3.63) is 34.3 Å². The Balaban J connectivity index is 2.26. The van der Waals surface area contributed by atoms with Gasteiger partial charge in [-0.2, -0.15) is 0 Å². The Kier molecular flexibility index (Phi) is 2.56. The van der Waals surface area contributed by atoms with Gasteiger partial charge in [-0.1, -0.05) is 24.6 Å². The van der Waals surface area contributed by atoms with Crippen molar-refractivity contribution in [2.75, 3.05) is 0 Å². The Hall–Kier alpha value is -0.530. The maximum absolute atomic E-state index is 5.92. The molecule has 0 radical (unpaired) electrons. The van der Waals surface area contributed by atoms with Gasteiger partial charge in [-0.3, -0.25) is 0 Å². The molecule has 1 N–H and O–H groups in total. The van der Waals surface area contributed by atoms with Crippen LogP contribution in [0.4, 0.5) is 0 Å². The third kappa shape index (κ3) is 1.87. The molecule has 1 aromatic carbocycles. The first kappa shape index (κ1) is 9.04. The molecule has 1 aliphatic heterocycles. The molecule has 70 valence electrons. The molecule has 13 heavy (non-hydrogen) atoms. The highest BCUT2D eigenvalue weighted by molar-refractivity contribution is 6.30. The summed E-state index contributed by atoms with van der Waals surface area (Å²) < 4.78 is 0. The molecule has 0 spiro atoms. The van der Waals surface area contributed by atoms with E-state index in [9.17, 15) is 0 Å². The number of nitrogens with one attached hydrogen (secondary N) is 1. The number of fused-ring (bicyclic) bond motifs is 1. The molecule has 0 saturated heterocycles. The zero-order chi connectivity index (χ0) is 9.26. The second-order valence-electron chi connectivity index (χ2n) is 3.60. The van der Waals surface area contributed by atoms with Crippen molar-refractivity contribution in [3.63, 3.8) is 0 Å². The molecule has 0 fully saturated rings. The van der Waals surface area contributed by atoms with Gasteiger partial charge in [0.2, 0.25) is 0 Å². The lowest BCUT2D eigenvalue weighted by Gasteiger charge is -2.25. The first-order valence-electron chi connectivity index (χ1n) is 4.80. The molecule has 1 aromatic rings. The topological polar surface area (TPSA) is 12.0 Å². The average molecular weight is 196 g/mol. The Morgan fingerprint density at radius 2 is 2.31 bits per heavy atom. The van der Waals surface area contributed by atoms with Crippen molar-refractivity contribution in [1.29, 1.82) is 0 Å². The second-order valence-corrected chi connectivity index (χ2v) is 4.04. The lowest BCUT2D eigenvalue weighted by Crippen LogP contribution is -2.34. The highest BCUT2D eigenvalue weighted by atomic mass is 35.5. The third-order valence-electron chi connectivity index (χ3n) is 2.71. The molecule has 2 heteroatoms. The standard InChI is InChI=1S/C11H14ClN/c1-2-11-6-8-3-4-10(12)5-9(8)7-13-11/h3-5,11,13H,2,6-7H2,1H3. The van der Waals surface area contributed by atoms with Crippen molar-refractivity contribution in [3.8, 4) is 0 Å². The van der Waals surface area contributed by atoms with Gasteiger partial charge in [0.15, 0.2) is 0 Å². The molecular formula is C11H14ClN. The summed E-state index contributed by atoms with van der Waals surface area (Å²) in [6.07, 6.45) is 2.34. The van der Waals surface area contributed by atoms with Gasteiger partial charge in [0.1, 0.15) is 0 Å². The predicted octanol–water partition coefficient (Wildman–Crippen LogP) is 2.76. The van der Waals surface area contributed by atoms with Crippen LogP contribution in [0.1, 0.15) is 24.5 Å². The van der Waals surface area contributed by atoms with Crippen LogP contribution in [0.3, 0.4) is 0 Å². The summed E-state index contributed by atoms with van der Waals surface area (Å²) in [5.41, 5.74) is 2.81. The fraction of sp³-hybridized carbons (Fsp3) is 0.455. The van der Waals surface area contributed by atoms with Gasteiger partial charge in [-0.15, -0.1) is 0 Å². The van der Waals surface area contributed by atoms with E-state index < -0.39 is 0 Å². The van der Waals surface area contributed by atoms with E-state index in [-0.39, 0.29) is 0 Å². The zero-order valence-corrected chi connectivity index (χ0v) is 8.56. The Morgan fingerprint density at radius 1 is 1.46 bits per heavy atom. The van der Waals surface area contributed by atoms with E-state index in [0.717, 1.165) is 18.0 Å². The average Bonchev–Trinajstić information content (AvgIpc) is 2.17. The van der Waals surface area contributed by atoms with Gasteiger partial charge in [-0.05, 0) is 36.1 Å². The Bertz CT molecular complexity index is 309. The summed E-state index contributed by atoms with van der Waals surface area (Å²) in [6.45, 7) is 3.19. The molecule has 0 aliphatic carbocycles. The zero-order valence-electron chi connectivity index (χ0n) is 7.81. The Labute approximate surface area is 84.1 Å². The van der Waals surface area contributed by atoms with Crippen LogP contribution in [0.2, 0.25) is 5.02 Å². The molecule has 0 bridgehead atoms. The normalized spacial score (nSPS) is 21.2. The van der Waals surface area contributed by atoms with Crippen LogP contribution in [0.5, 0.6) is 0 Å². The van der Waals surface area contributed by atoms with Gasteiger partial charge >= 0.3 is 0 Å². The fourth-order valence-corrected chi connectivity index (χ4v) is 2.03. The van der Waals surface area contributed by atoms with Gasteiger partial charge in [-0.25, -0.2) is 0 Å². The van der Waals surface area contributed by atoms with E-state index in [1.54, 1.807) is 0 Å². The van der Waals surface area contributed by atoms with E-state index in [1.165, 1.54) is 17.5 Å². The monoisotopic (exact) mass is 195 g/mol.